The number of aliphatic carboxylic acids is 1. The number of aliphatic hydroxyl groups excluding tert-OH is 3. The molecular formula is C23H36O7. The molecule has 0 aromatic heterocycles. The van der Waals surface area contributed by atoms with Crippen molar-refractivity contribution in [3.05, 3.63) is 23.8 Å². The van der Waals surface area contributed by atoms with Gasteiger partial charge in [-0.15, -0.1) is 0 Å². The SMILES string of the molecule is CC[C@H](C)C(=O)O[C@H]1C[C@H](O)C=C2C=C[C@H](C)[C@H](CC[C@@H](O)C[C@H](O)CC(=O)O)[C@H]21. The van der Waals surface area contributed by atoms with Gasteiger partial charge in [-0.3, -0.25) is 9.59 Å². The van der Waals surface area contributed by atoms with Crippen LogP contribution in [0.5, 0.6) is 0 Å². The van der Waals surface area contributed by atoms with Gasteiger partial charge in [0.25, 0.3) is 0 Å². The number of carboxylic acid groups (broad SMARTS) is 1. The quantitative estimate of drug-likeness (QED) is 0.397. The molecule has 2 aliphatic rings. The number of ether oxygens (including phenoxy) is 1. The predicted molar refractivity (Wildman–Crippen MR) is 111 cm³/mol. The molecule has 0 amide bonds. The Labute approximate surface area is 178 Å². The largest absolute Gasteiger partial charge is 0.481 e. The Bertz CT molecular complexity index is 656. The molecule has 170 valence electrons. The van der Waals surface area contributed by atoms with Crippen molar-refractivity contribution in [3.63, 3.8) is 0 Å². The van der Waals surface area contributed by atoms with Crippen LogP contribution in [0.1, 0.15) is 59.3 Å². The van der Waals surface area contributed by atoms with Gasteiger partial charge in [-0.1, -0.05) is 39.0 Å². The van der Waals surface area contributed by atoms with Gasteiger partial charge in [-0.25, -0.2) is 0 Å². The second kappa shape index (κ2) is 11.1. The van der Waals surface area contributed by atoms with E-state index in [1.807, 2.05) is 26.0 Å². The van der Waals surface area contributed by atoms with Crippen LogP contribution in [0.3, 0.4) is 0 Å². The van der Waals surface area contributed by atoms with E-state index in [0.717, 1.165) is 5.57 Å². The van der Waals surface area contributed by atoms with Crippen LogP contribution in [0.4, 0.5) is 0 Å². The number of fused-ring (bicyclic) bond motifs is 1. The van der Waals surface area contributed by atoms with Crippen molar-refractivity contribution in [2.24, 2.45) is 23.7 Å². The maximum atomic E-state index is 12.4. The average molecular weight is 425 g/mol. The Balaban J connectivity index is 2.09. The molecule has 0 aromatic carbocycles. The molecule has 0 aromatic rings. The number of carbonyl (C=O) groups is 2. The fourth-order valence-electron chi connectivity index (χ4n) is 4.52. The minimum atomic E-state index is -1.10. The lowest BCUT2D eigenvalue weighted by molar-refractivity contribution is -0.159. The van der Waals surface area contributed by atoms with E-state index in [0.29, 0.717) is 25.7 Å². The molecule has 7 heteroatoms. The summed E-state index contributed by atoms with van der Waals surface area (Å²) in [4.78, 5) is 23.1. The molecule has 0 fully saturated rings. The summed E-state index contributed by atoms with van der Waals surface area (Å²) >= 11 is 0. The second-order valence-electron chi connectivity index (χ2n) is 8.88. The molecule has 0 unspecified atom stereocenters. The van der Waals surface area contributed by atoms with Crippen molar-refractivity contribution in [3.8, 4) is 0 Å². The molecule has 0 radical (unpaired) electrons. The summed E-state index contributed by atoms with van der Waals surface area (Å²) in [5, 5.41) is 39.1. The summed E-state index contributed by atoms with van der Waals surface area (Å²) in [7, 11) is 0. The van der Waals surface area contributed by atoms with E-state index in [4.69, 9.17) is 9.84 Å². The summed E-state index contributed by atoms with van der Waals surface area (Å²) in [6.07, 6.45) is 4.64. The van der Waals surface area contributed by atoms with Crippen molar-refractivity contribution >= 4 is 11.9 Å². The van der Waals surface area contributed by atoms with Crippen LogP contribution in [-0.2, 0) is 14.3 Å². The molecule has 0 spiro atoms. The molecule has 0 aliphatic heterocycles. The molecule has 8 atom stereocenters. The zero-order chi connectivity index (χ0) is 22.4. The monoisotopic (exact) mass is 424 g/mol. The number of hydrogen-bond donors (Lipinski definition) is 4. The average Bonchev–Trinajstić information content (AvgIpc) is 2.65. The van der Waals surface area contributed by atoms with Crippen molar-refractivity contribution in [1.29, 1.82) is 0 Å². The molecule has 2 rings (SSSR count). The van der Waals surface area contributed by atoms with Crippen molar-refractivity contribution in [2.75, 3.05) is 0 Å². The number of rotatable bonds is 10. The van der Waals surface area contributed by atoms with Crippen LogP contribution in [0.2, 0.25) is 0 Å². The molecule has 2 aliphatic carbocycles. The molecular weight excluding hydrogens is 388 g/mol. The first-order valence-electron chi connectivity index (χ1n) is 11.0. The Morgan fingerprint density at radius 1 is 1.27 bits per heavy atom. The van der Waals surface area contributed by atoms with Crippen LogP contribution in [0.15, 0.2) is 23.8 Å². The van der Waals surface area contributed by atoms with Gasteiger partial charge in [0.15, 0.2) is 0 Å². The standard InChI is InChI=1S/C23H36O7/c1-4-13(2)23(29)30-20-11-17(25)9-15-6-5-14(3)19(22(15)20)8-7-16(24)10-18(26)12-21(27)28/h5-6,9,13-14,16-20,22,24-26H,4,7-8,10-12H2,1-3H3,(H,27,28)/t13-,14-,16+,17+,18-,19-,20-,22-/m0/s1. The van der Waals surface area contributed by atoms with E-state index in [9.17, 15) is 24.9 Å². The molecule has 0 saturated heterocycles. The first kappa shape index (κ1) is 24.6. The Hall–Kier alpha value is -1.70. The maximum absolute atomic E-state index is 12.4. The first-order valence-corrected chi connectivity index (χ1v) is 11.0. The highest BCUT2D eigenvalue weighted by Crippen LogP contribution is 2.44. The molecule has 0 saturated carbocycles. The third kappa shape index (κ3) is 6.65. The number of hydrogen-bond acceptors (Lipinski definition) is 6. The van der Waals surface area contributed by atoms with Gasteiger partial charge in [0.1, 0.15) is 6.10 Å². The Kier molecular flexibility index (Phi) is 9.07. The Morgan fingerprint density at radius 2 is 1.97 bits per heavy atom. The predicted octanol–water partition coefficient (Wildman–Crippen LogP) is 2.44. The topological polar surface area (TPSA) is 124 Å². The van der Waals surface area contributed by atoms with Crippen molar-refractivity contribution in [2.45, 2.75) is 83.7 Å². The van der Waals surface area contributed by atoms with Gasteiger partial charge in [-0.05, 0) is 43.1 Å². The smallest absolute Gasteiger partial charge is 0.308 e. The molecule has 7 nitrogen and oxygen atoms in total. The summed E-state index contributed by atoms with van der Waals surface area (Å²) in [6, 6.07) is 0. The highest BCUT2D eigenvalue weighted by molar-refractivity contribution is 5.72. The summed E-state index contributed by atoms with van der Waals surface area (Å²) < 4.78 is 5.84. The summed E-state index contributed by atoms with van der Waals surface area (Å²) in [5.74, 6) is -1.31. The first-order chi connectivity index (χ1) is 14.1. The number of allylic oxidation sites excluding steroid dienone is 2. The fraction of sp³-hybridized carbons (Fsp3) is 0.739. The molecule has 0 heterocycles. The zero-order valence-corrected chi connectivity index (χ0v) is 18.1. The van der Waals surface area contributed by atoms with Gasteiger partial charge < -0.3 is 25.2 Å². The van der Waals surface area contributed by atoms with Gasteiger partial charge >= 0.3 is 11.9 Å². The summed E-state index contributed by atoms with van der Waals surface area (Å²) in [5.41, 5.74) is 0.958. The number of aliphatic hydroxyl groups is 3. The van der Waals surface area contributed by atoms with Crippen LogP contribution in [-0.4, -0.2) is 56.8 Å². The second-order valence-corrected chi connectivity index (χ2v) is 8.88. The molecule has 0 bridgehead atoms. The minimum absolute atomic E-state index is 0.0156. The normalized spacial score (nSPS) is 31.3. The zero-order valence-electron chi connectivity index (χ0n) is 18.1. The molecule has 4 N–H and O–H groups in total. The van der Waals surface area contributed by atoms with Crippen LogP contribution >= 0.6 is 0 Å². The lowest BCUT2D eigenvalue weighted by Gasteiger charge is -2.43. The summed E-state index contributed by atoms with van der Waals surface area (Å²) in [6.45, 7) is 5.85. The number of carboxylic acids is 1. The van der Waals surface area contributed by atoms with Crippen molar-refractivity contribution in [1.82, 2.24) is 0 Å². The van der Waals surface area contributed by atoms with Gasteiger partial charge in [-0.2, -0.15) is 0 Å². The van der Waals surface area contributed by atoms with E-state index in [1.54, 1.807) is 0 Å². The van der Waals surface area contributed by atoms with Crippen LogP contribution in [0, 0.1) is 23.7 Å². The maximum Gasteiger partial charge on any atom is 0.308 e. The fourth-order valence-corrected chi connectivity index (χ4v) is 4.52. The third-order valence-electron chi connectivity index (χ3n) is 6.44. The van der Waals surface area contributed by atoms with Crippen molar-refractivity contribution < 1.29 is 34.8 Å². The lowest BCUT2D eigenvalue weighted by atomic mass is 9.66. The highest BCUT2D eigenvalue weighted by Gasteiger charge is 2.42. The van der Waals surface area contributed by atoms with Gasteiger partial charge in [0.05, 0.1) is 30.7 Å². The van der Waals surface area contributed by atoms with E-state index in [2.05, 4.69) is 13.0 Å². The number of esters is 1. The van der Waals surface area contributed by atoms with E-state index < -0.39 is 30.4 Å². The highest BCUT2D eigenvalue weighted by atomic mass is 16.5. The van der Waals surface area contributed by atoms with Crippen LogP contribution < -0.4 is 0 Å². The van der Waals surface area contributed by atoms with Gasteiger partial charge in [0, 0.05) is 12.3 Å². The number of carbonyl (C=O) groups excluding carboxylic acids is 1. The Morgan fingerprint density at radius 3 is 2.60 bits per heavy atom. The lowest BCUT2D eigenvalue weighted by Crippen LogP contribution is -2.43. The minimum Gasteiger partial charge on any atom is -0.481 e. The third-order valence-corrected chi connectivity index (χ3v) is 6.44. The van der Waals surface area contributed by atoms with E-state index in [-0.39, 0.29) is 42.5 Å². The van der Waals surface area contributed by atoms with E-state index >= 15 is 0 Å². The molecule has 30 heavy (non-hydrogen) atoms. The van der Waals surface area contributed by atoms with E-state index in [1.165, 1.54) is 0 Å². The van der Waals surface area contributed by atoms with Crippen LogP contribution in [0.25, 0.3) is 0 Å². The van der Waals surface area contributed by atoms with Gasteiger partial charge in [0.2, 0.25) is 0 Å².